The first-order chi connectivity index (χ1) is 9.55. The molecule has 20 heavy (non-hydrogen) atoms. The molecule has 5 nitrogen and oxygen atoms in total. The van der Waals surface area contributed by atoms with E-state index in [4.69, 9.17) is 14.3 Å². The van der Waals surface area contributed by atoms with Crippen LogP contribution in [0.15, 0.2) is 29.3 Å². The Hall–Kier alpha value is -1.47. The predicted molar refractivity (Wildman–Crippen MR) is 79.6 cm³/mol. The van der Waals surface area contributed by atoms with Gasteiger partial charge in [-0.15, -0.1) is 0 Å². The average molecular weight is 294 g/mol. The number of hydrogen-bond donors (Lipinski definition) is 0. The molecular formula is C14H19N2O3P. The number of rotatable bonds is 7. The van der Waals surface area contributed by atoms with Gasteiger partial charge in [0.05, 0.1) is 25.0 Å². The lowest BCUT2D eigenvalue weighted by Gasteiger charge is -2.18. The van der Waals surface area contributed by atoms with Gasteiger partial charge in [0.15, 0.2) is 5.66 Å². The van der Waals surface area contributed by atoms with E-state index in [0.29, 0.717) is 5.69 Å². The number of aliphatic imine (C=N–C) groups is 1. The van der Waals surface area contributed by atoms with E-state index in [0.717, 1.165) is 5.56 Å². The maximum Gasteiger partial charge on any atom is 0.353 e. The molecule has 1 atom stereocenters. The highest BCUT2D eigenvalue weighted by Gasteiger charge is 2.34. The molecule has 1 aromatic rings. The summed E-state index contributed by atoms with van der Waals surface area (Å²) in [5.41, 5.74) is 0.800. The van der Waals surface area contributed by atoms with Crippen LogP contribution in [-0.2, 0) is 13.6 Å². The molecule has 0 aliphatic carbocycles. The zero-order valence-electron chi connectivity index (χ0n) is 11.9. The number of aryl methyl sites for hydroxylation is 1. The molecule has 6 heteroatoms. The van der Waals surface area contributed by atoms with Gasteiger partial charge in [0.2, 0.25) is 0 Å². The molecule has 108 valence electrons. The van der Waals surface area contributed by atoms with Crippen LogP contribution in [0.25, 0.3) is 0 Å². The van der Waals surface area contributed by atoms with Crippen molar-refractivity contribution in [3.63, 3.8) is 0 Å². The van der Waals surface area contributed by atoms with Crippen molar-refractivity contribution in [1.82, 2.24) is 0 Å². The van der Waals surface area contributed by atoms with E-state index in [9.17, 15) is 4.57 Å². The molecule has 0 N–H and O–H groups in total. The van der Waals surface area contributed by atoms with Crippen molar-refractivity contribution in [1.29, 1.82) is 5.26 Å². The van der Waals surface area contributed by atoms with Gasteiger partial charge in [0, 0.05) is 6.21 Å². The molecule has 0 amide bonds. The van der Waals surface area contributed by atoms with Crippen molar-refractivity contribution in [3.05, 3.63) is 29.8 Å². The van der Waals surface area contributed by atoms with E-state index in [1.807, 2.05) is 37.3 Å². The standard InChI is InChI=1S/C14H19N2O3P/c1-4-18-20(17,19-5-2)14(10-15)11-16-13-8-6-12(3)7-9-13/h6-9,11,14H,4-5H2,1-3H3. The minimum Gasteiger partial charge on any atom is -0.308 e. The minimum absolute atomic E-state index is 0.216. The van der Waals surface area contributed by atoms with Gasteiger partial charge in [-0.2, -0.15) is 5.26 Å². The van der Waals surface area contributed by atoms with Crippen molar-refractivity contribution in [2.24, 2.45) is 4.99 Å². The number of nitrogens with zero attached hydrogens (tertiary/aromatic N) is 2. The zero-order chi connectivity index (χ0) is 15.0. The summed E-state index contributed by atoms with van der Waals surface area (Å²) in [5, 5.41) is 9.16. The van der Waals surface area contributed by atoms with Gasteiger partial charge in [0.25, 0.3) is 0 Å². The Kier molecular flexibility index (Phi) is 6.60. The van der Waals surface area contributed by atoms with Crippen LogP contribution in [0.1, 0.15) is 19.4 Å². The summed E-state index contributed by atoms with van der Waals surface area (Å²) < 4.78 is 22.8. The van der Waals surface area contributed by atoms with Crippen molar-refractivity contribution in [3.8, 4) is 6.07 Å². The second-order valence-electron chi connectivity index (χ2n) is 4.06. The largest absolute Gasteiger partial charge is 0.353 e. The molecule has 1 unspecified atom stereocenters. The van der Waals surface area contributed by atoms with Gasteiger partial charge in [-0.25, -0.2) is 0 Å². The molecule has 0 radical (unpaired) electrons. The first-order valence-electron chi connectivity index (χ1n) is 6.45. The molecule has 0 fully saturated rings. The summed E-state index contributed by atoms with van der Waals surface area (Å²) in [4.78, 5) is 4.17. The highest BCUT2D eigenvalue weighted by molar-refractivity contribution is 7.56. The molecule has 0 bridgehead atoms. The third-order valence-electron chi connectivity index (χ3n) is 2.49. The normalized spacial score (nSPS) is 13.3. The Bertz CT molecular complexity index is 524. The molecule has 0 aliphatic heterocycles. The summed E-state index contributed by atoms with van der Waals surface area (Å²) in [6.45, 7) is 5.82. The highest BCUT2D eigenvalue weighted by atomic mass is 31.2. The van der Waals surface area contributed by atoms with E-state index in [1.165, 1.54) is 6.21 Å². The summed E-state index contributed by atoms with van der Waals surface area (Å²) in [7, 11) is -3.49. The summed E-state index contributed by atoms with van der Waals surface area (Å²) >= 11 is 0. The zero-order valence-corrected chi connectivity index (χ0v) is 12.8. The molecule has 0 saturated carbocycles. The van der Waals surface area contributed by atoms with Gasteiger partial charge in [-0.3, -0.25) is 9.56 Å². The molecule has 1 aromatic carbocycles. The molecule has 0 heterocycles. The lowest BCUT2D eigenvalue weighted by atomic mass is 10.2. The van der Waals surface area contributed by atoms with Gasteiger partial charge in [-0.1, -0.05) is 17.7 Å². The lowest BCUT2D eigenvalue weighted by molar-refractivity contribution is 0.220. The SMILES string of the molecule is CCOP(=O)(OCC)C(C#N)C=Nc1ccc(C)cc1. The van der Waals surface area contributed by atoms with Crippen LogP contribution in [0, 0.1) is 18.3 Å². The topological polar surface area (TPSA) is 71.7 Å². The maximum absolute atomic E-state index is 12.5. The first-order valence-corrected chi connectivity index (χ1v) is 8.06. The second-order valence-corrected chi connectivity index (χ2v) is 6.22. The summed E-state index contributed by atoms with van der Waals surface area (Å²) in [6.07, 6.45) is 1.33. The van der Waals surface area contributed by atoms with Crippen LogP contribution in [0.2, 0.25) is 0 Å². The Morgan fingerprint density at radius 2 is 1.85 bits per heavy atom. The van der Waals surface area contributed by atoms with Crippen LogP contribution >= 0.6 is 7.60 Å². The van der Waals surface area contributed by atoms with Crippen molar-refractivity contribution in [2.75, 3.05) is 13.2 Å². The van der Waals surface area contributed by atoms with Crippen LogP contribution in [0.4, 0.5) is 5.69 Å². The van der Waals surface area contributed by atoms with E-state index in [1.54, 1.807) is 13.8 Å². The summed E-state index contributed by atoms with van der Waals surface area (Å²) in [5.74, 6) is 0. The molecule has 0 spiro atoms. The number of benzene rings is 1. The number of hydrogen-bond acceptors (Lipinski definition) is 5. The fraction of sp³-hybridized carbons (Fsp3) is 0.429. The molecule has 1 rings (SSSR count). The van der Waals surface area contributed by atoms with Crippen molar-refractivity contribution in [2.45, 2.75) is 26.4 Å². The third kappa shape index (κ3) is 4.57. The van der Waals surface area contributed by atoms with Gasteiger partial charge in [-0.05, 0) is 32.9 Å². The van der Waals surface area contributed by atoms with E-state index in [-0.39, 0.29) is 13.2 Å². The van der Waals surface area contributed by atoms with Crippen LogP contribution in [0.5, 0.6) is 0 Å². The van der Waals surface area contributed by atoms with E-state index >= 15 is 0 Å². The maximum atomic E-state index is 12.5. The average Bonchev–Trinajstić information content (AvgIpc) is 2.42. The predicted octanol–water partition coefficient (Wildman–Crippen LogP) is 3.86. The van der Waals surface area contributed by atoms with Gasteiger partial charge in [0.1, 0.15) is 0 Å². The Morgan fingerprint density at radius 1 is 1.30 bits per heavy atom. The van der Waals surface area contributed by atoms with Gasteiger partial charge < -0.3 is 9.05 Å². The number of nitriles is 1. The quantitative estimate of drug-likeness (QED) is 0.565. The Morgan fingerprint density at radius 3 is 2.30 bits per heavy atom. The first kappa shape index (κ1) is 16.6. The van der Waals surface area contributed by atoms with Gasteiger partial charge >= 0.3 is 7.60 Å². The van der Waals surface area contributed by atoms with E-state index in [2.05, 4.69) is 4.99 Å². The molecule has 0 aromatic heterocycles. The summed E-state index contributed by atoms with van der Waals surface area (Å²) in [6, 6.07) is 9.41. The molecule has 0 aliphatic rings. The van der Waals surface area contributed by atoms with Crippen molar-refractivity contribution >= 4 is 19.5 Å². The Balaban J connectivity index is 2.92. The van der Waals surface area contributed by atoms with Crippen molar-refractivity contribution < 1.29 is 13.6 Å². The second kappa shape index (κ2) is 7.96. The third-order valence-corrected chi connectivity index (χ3v) is 4.66. The fourth-order valence-corrected chi connectivity index (χ4v) is 3.02. The van der Waals surface area contributed by atoms with Crippen LogP contribution in [-0.4, -0.2) is 25.1 Å². The minimum atomic E-state index is -3.49. The smallest absolute Gasteiger partial charge is 0.308 e. The monoisotopic (exact) mass is 294 g/mol. The molecule has 0 saturated heterocycles. The molecular weight excluding hydrogens is 275 g/mol. The lowest BCUT2D eigenvalue weighted by Crippen LogP contribution is -2.12. The fourth-order valence-electron chi connectivity index (χ4n) is 1.53. The van der Waals surface area contributed by atoms with Crippen LogP contribution < -0.4 is 0 Å². The Labute approximate surface area is 119 Å². The highest BCUT2D eigenvalue weighted by Crippen LogP contribution is 2.52. The van der Waals surface area contributed by atoms with E-state index < -0.39 is 13.3 Å². The van der Waals surface area contributed by atoms with Crippen LogP contribution in [0.3, 0.4) is 0 Å².